The Morgan fingerprint density at radius 3 is 2.70 bits per heavy atom. The molecule has 1 aromatic rings. The van der Waals surface area contributed by atoms with Crippen LogP contribution < -0.4 is 5.73 Å². The highest BCUT2D eigenvalue weighted by atomic mass is 16.5. The molecule has 2 unspecified atom stereocenters. The first-order valence-electron chi connectivity index (χ1n) is 7.44. The molecule has 4 nitrogen and oxygen atoms in total. The highest BCUT2D eigenvalue weighted by molar-refractivity contribution is 5.15. The summed E-state index contributed by atoms with van der Waals surface area (Å²) in [6.45, 7) is 4.33. The molecule has 0 bridgehead atoms. The molecule has 2 fully saturated rings. The fraction of sp³-hybridized carbons (Fsp3) is 0.625. The monoisotopic (exact) mass is 276 g/mol. The molecule has 2 saturated heterocycles. The number of ether oxygens (including phenoxy) is 1. The summed E-state index contributed by atoms with van der Waals surface area (Å²) in [6, 6.07) is 10.4. The van der Waals surface area contributed by atoms with Crippen LogP contribution in [-0.4, -0.2) is 48.5 Å². The van der Waals surface area contributed by atoms with E-state index in [4.69, 9.17) is 10.5 Å². The van der Waals surface area contributed by atoms with Gasteiger partial charge in [0.25, 0.3) is 0 Å². The molecule has 110 valence electrons. The van der Waals surface area contributed by atoms with Crippen LogP contribution in [0.4, 0.5) is 0 Å². The van der Waals surface area contributed by atoms with Crippen molar-refractivity contribution >= 4 is 0 Å². The lowest BCUT2D eigenvalue weighted by Gasteiger charge is -2.40. The number of likely N-dealkylation sites (tertiary alicyclic amines) is 1. The fourth-order valence-corrected chi connectivity index (χ4v) is 3.61. The van der Waals surface area contributed by atoms with Crippen LogP contribution in [0.15, 0.2) is 30.3 Å². The Kier molecular flexibility index (Phi) is 3.82. The van der Waals surface area contributed by atoms with Crippen molar-refractivity contribution in [3.63, 3.8) is 0 Å². The molecular formula is C16H24N2O2. The average Bonchev–Trinajstić information content (AvgIpc) is 3.09. The van der Waals surface area contributed by atoms with Gasteiger partial charge in [0.1, 0.15) is 0 Å². The van der Waals surface area contributed by atoms with Crippen LogP contribution in [0.1, 0.15) is 18.4 Å². The summed E-state index contributed by atoms with van der Waals surface area (Å²) >= 11 is 0. The van der Waals surface area contributed by atoms with Crippen molar-refractivity contribution in [1.82, 2.24) is 4.90 Å². The van der Waals surface area contributed by atoms with Gasteiger partial charge in [-0.3, -0.25) is 4.90 Å². The van der Waals surface area contributed by atoms with Gasteiger partial charge in [-0.1, -0.05) is 30.3 Å². The summed E-state index contributed by atoms with van der Waals surface area (Å²) in [7, 11) is 0. The van der Waals surface area contributed by atoms with E-state index in [1.54, 1.807) is 0 Å². The smallest absolute Gasteiger partial charge is 0.0877 e. The highest BCUT2D eigenvalue weighted by Gasteiger charge is 2.54. The van der Waals surface area contributed by atoms with Crippen LogP contribution in [0.5, 0.6) is 0 Å². The van der Waals surface area contributed by atoms with Gasteiger partial charge in [0.05, 0.1) is 12.2 Å². The standard InChI is InChI=1S/C16H24N2O2/c17-11-15(7-9-20-13-15)16(19)6-8-18(12-16)10-14-4-2-1-3-5-14/h1-5,19H,6-13,17H2. The second-order valence-corrected chi connectivity index (χ2v) is 6.26. The molecule has 0 aliphatic carbocycles. The predicted octanol–water partition coefficient (Wildman–Crippen LogP) is 0.989. The zero-order chi connectivity index (χ0) is 14.1. The van der Waals surface area contributed by atoms with Crippen LogP contribution in [0, 0.1) is 5.41 Å². The molecule has 2 heterocycles. The zero-order valence-corrected chi connectivity index (χ0v) is 11.9. The van der Waals surface area contributed by atoms with Gasteiger partial charge in [0, 0.05) is 38.2 Å². The quantitative estimate of drug-likeness (QED) is 0.861. The Hall–Kier alpha value is -0.940. The first-order chi connectivity index (χ1) is 9.67. The first kappa shape index (κ1) is 14.0. The minimum atomic E-state index is -0.701. The van der Waals surface area contributed by atoms with Crippen LogP contribution in [0.3, 0.4) is 0 Å². The first-order valence-corrected chi connectivity index (χ1v) is 7.44. The van der Waals surface area contributed by atoms with E-state index >= 15 is 0 Å². The normalized spacial score (nSPS) is 34.7. The zero-order valence-electron chi connectivity index (χ0n) is 11.9. The van der Waals surface area contributed by atoms with E-state index in [9.17, 15) is 5.11 Å². The van der Waals surface area contributed by atoms with Crippen LogP contribution in [-0.2, 0) is 11.3 Å². The van der Waals surface area contributed by atoms with Gasteiger partial charge in [-0.05, 0) is 18.4 Å². The number of rotatable bonds is 4. The molecule has 0 saturated carbocycles. The molecule has 0 aromatic heterocycles. The molecule has 2 atom stereocenters. The molecule has 2 aliphatic rings. The number of benzene rings is 1. The molecule has 4 heteroatoms. The summed E-state index contributed by atoms with van der Waals surface area (Å²) in [5, 5.41) is 11.1. The Bertz CT molecular complexity index is 445. The average molecular weight is 276 g/mol. The van der Waals surface area contributed by atoms with Crippen molar-refractivity contribution in [2.45, 2.75) is 25.0 Å². The molecular weight excluding hydrogens is 252 g/mol. The maximum Gasteiger partial charge on any atom is 0.0877 e. The van der Waals surface area contributed by atoms with E-state index in [-0.39, 0.29) is 5.41 Å². The summed E-state index contributed by atoms with van der Waals surface area (Å²) < 4.78 is 5.52. The second kappa shape index (κ2) is 5.45. The van der Waals surface area contributed by atoms with E-state index in [0.717, 1.165) is 32.5 Å². The summed E-state index contributed by atoms with van der Waals surface area (Å²) in [5.41, 5.74) is 6.31. The topological polar surface area (TPSA) is 58.7 Å². The van der Waals surface area contributed by atoms with Crippen molar-refractivity contribution in [2.24, 2.45) is 11.1 Å². The fourth-order valence-electron chi connectivity index (χ4n) is 3.61. The SMILES string of the molecule is NCC1(C2(O)CCN(Cc3ccccc3)C2)CCOC1. The van der Waals surface area contributed by atoms with Gasteiger partial charge in [0.2, 0.25) is 0 Å². The van der Waals surface area contributed by atoms with Crippen LogP contribution in [0.25, 0.3) is 0 Å². The van der Waals surface area contributed by atoms with Gasteiger partial charge in [-0.25, -0.2) is 0 Å². The van der Waals surface area contributed by atoms with E-state index in [2.05, 4.69) is 29.2 Å². The number of aliphatic hydroxyl groups is 1. The van der Waals surface area contributed by atoms with E-state index < -0.39 is 5.60 Å². The largest absolute Gasteiger partial charge is 0.388 e. The number of hydrogen-bond donors (Lipinski definition) is 2. The number of β-amino-alcohol motifs (C(OH)–C–C–N with tert-alkyl or cyclic N) is 1. The van der Waals surface area contributed by atoms with E-state index in [0.29, 0.717) is 19.7 Å². The Balaban J connectivity index is 1.69. The van der Waals surface area contributed by atoms with Gasteiger partial charge < -0.3 is 15.6 Å². The molecule has 0 spiro atoms. The molecule has 3 rings (SSSR count). The number of hydrogen-bond acceptors (Lipinski definition) is 4. The third-order valence-corrected chi connectivity index (χ3v) is 5.06. The number of nitrogens with zero attached hydrogens (tertiary/aromatic N) is 1. The van der Waals surface area contributed by atoms with Crippen LogP contribution in [0.2, 0.25) is 0 Å². The second-order valence-electron chi connectivity index (χ2n) is 6.26. The van der Waals surface area contributed by atoms with Gasteiger partial charge in [-0.15, -0.1) is 0 Å². The minimum absolute atomic E-state index is 0.252. The Morgan fingerprint density at radius 2 is 2.05 bits per heavy atom. The molecule has 0 amide bonds. The molecule has 0 radical (unpaired) electrons. The van der Waals surface area contributed by atoms with Crippen molar-refractivity contribution in [2.75, 3.05) is 32.8 Å². The van der Waals surface area contributed by atoms with Crippen molar-refractivity contribution in [3.05, 3.63) is 35.9 Å². The maximum absolute atomic E-state index is 11.1. The van der Waals surface area contributed by atoms with Gasteiger partial charge in [-0.2, -0.15) is 0 Å². The summed E-state index contributed by atoms with van der Waals surface area (Å²) in [4.78, 5) is 2.32. The third-order valence-electron chi connectivity index (χ3n) is 5.06. The maximum atomic E-state index is 11.1. The lowest BCUT2D eigenvalue weighted by Crippen LogP contribution is -2.54. The predicted molar refractivity (Wildman–Crippen MR) is 78.2 cm³/mol. The Labute approximate surface area is 120 Å². The third kappa shape index (κ3) is 2.37. The molecule has 1 aromatic carbocycles. The highest BCUT2D eigenvalue weighted by Crippen LogP contribution is 2.44. The van der Waals surface area contributed by atoms with Crippen molar-refractivity contribution in [3.8, 4) is 0 Å². The van der Waals surface area contributed by atoms with Crippen molar-refractivity contribution in [1.29, 1.82) is 0 Å². The van der Waals surface area contributed by atoms with E-state index in [1.165, 1.54) is 5.56 Å². The van der Waals surface area contributed by atoms with Crippen molar-refractivity contribution < 1.29 is 9.84 Å². The molecule has 3 N–H and O–H groups in total. The van der Waals surface area contributed by atoms with Crippen LogP contribution >= 0.6 is 0 Å². The number of nitrogens with two attached hydrogens (primary N) is 1. The lowest BCUT2D eigenvalue weighted by molar-refractivity contribution is -0.0742. The van der Waals surface area contributed by atoms with E-state index in [1.807, 2.05) is 6.07 Å². The van der Waals surface area contributed by atoms with Gasteiger partial charge >= 0.3 is 0 Å². The Morgan fingerprint density at radius 1 is 1.25 bits per heavy atom. The molecule has 2 aliphatic heterocycles. The molecule has 20 heavy (non-hydrogen) atoms. The van der Waals surface area contributed by atoms with Gasteiger partial charge in [0.15, 0.2) is 0 Å². The lowest BCUT2D eigenvalue weighted by atomic mass is 9.70. The minimum Gasteiger partial charge on any atom is -0.388 e. The summed E-state index contributed by atoms with van der Waals surface area (Å²) in [5.74, 6) is 0. The summed E-state index contributed by atoms with van der Waals surface area (Å²) in [6.07, 6.45) is 1.67.